The first-order chi connectivity index (χ1) is 11.2. The van der Waals surface area contributed by atoms with Gasteiger partial charge in [0.1, 0.15) is 5.57 Å². The highest BCUT2D eigenvalue weighted by Gasteiger charge is 2.45. The lowest BCUT2D eigenvalue weighted by Crippen LogP contribution is -2.21. The number of esters is 1. The van der Waals surface area contributed by atoms with Crippen molar-refractivity contribution in [2.45, 2.75) is 0 Å². The normalized spacial score (nSPS) is 17.0. The molecule has 0 atom stereocenters. The molecule has 2 aliphatic heterocycles. The second kappa shape index (κ2) is 4.95. The van der Waals surface area contributed by atoms with Crippen LogP contribution < -0.4 is 0 Å². The van der Waals surface area contributed by atoms with Crippen LogP contribution in [0.1, 0.15) is 11.1 Å². The zero-order valence-corrected chi connectivity index (χ0v) is 12.4. The third kappa shape index (κ3) is 1.92. The molecular weight excluding hydrogens is 290 g/mol. The van der Waals surface area contributed by atoms with Gasteiger partial charge in [-0.15, -0.1) is 0 Å². The van der Waals surface area contributed by atoms with Gasteiger partial charge in [0.25, 0.3) is 5.91 Å². The minimum absolute atomic E-state index is 0.219. The quantitative estimate of drug-likeness (QED) is 0.802. The summed E-state index contributed by atoms with van der Waals surface area (Å²) in [7, 11) is 1.68. The molecule has 2 aromatic rings. The molecule has 0 saturated carbocycles. The Bertz CT molecular complexity index is 879. The summed E-state index contributed by atoms with van der Waals surface area (Å²) in [6.45, 7) is 0. The van der Waals surface area contributed by atoms with Gasteiger partial charge in [0.2, 0.25) is 0 Å². The number of fused-ring (bicyclic) bond motifs is 1. The van der Waals surface area contributed by atoms with E-state index in [4.69, 9.17) is 4.74 Å². The van der Waals surface area contributed by atoms with E-state index in [1.54, 1.807) is 7.05 Å². The molecule has 1 amide bonds. The molecule has 0 fully saturated rings. The van der Waals surface area contributed by atoms with Gasteiger partial charge < -0.3 is 9.64 Å². The SMILES string of the molecule is CN1C(=O)C2=C(c3ccccc3)OC(=O)C2=C1c1ccccc1. The van der Waals surface area contributed by atoms with E-state index in [0.29, 0.717) is 22.6 Å². The molecular formula is C19H13NO3. The second-order valence-electron chi connectivity index (χ2n) is 5.41. The first-order valence-electron chi connectivity index (χ1n) is 7.28. The lowest BCUT2D eigenvalue weighted by molar-refractivity contribution is -0.131. The summed E-state index contributed by atoms with van der Waals surface area (Å²) in [5, 5.41) is 0. The van der Waals surface area contributed by atoms with Crippen LogP contribution in [0.5, 0.6) is 0 Å². The number of amides is 1. The molecule has 2 aromatic carbocycles. The third-order valence-electron chi connectivity index (χ3n) is 4.05. The van der Waals surface area contributed by atoms with Crippen molar-refractivity contribution in [3.63, 3.8) is 0 Å². The average molecular weight is 303 g/mol. The fourth-order valence-corrected chi connectivity index (χ4v) is 2.99. The molecule has 0 bridgehead atoms. The Balaban J connectivity index is 1.97. The molecule has 4 rings (SSSR count). The van der Waals surface area contributed by atoms with E-state index < -0.39 is 5.97 Å². The zero-order valence-electron chi connectivity index (χ0n) is 12.4. The minimum atomic E-state index is -0.476. The largest absolute Gasteiger partial charge is 0.421 e. The van der Waals surface area contributed by atoms with Crippen LogP contribution in [-0.2, 0) is 14.3 Å². The molecule has 0 aromatic heterocycles. The van der Waals surface area contributed by atoms with Gasteiger partial charge in [-0.2, -0.15) is 0 Å². The van der Waals surface area contributed by atoms with Crippen molar-refractivity contribution >= 4 is 23.3 Å². The molecule has 0 N–H and O–H groups in total. The Labute approximate surface area is 133 Å². The van der Waals surface area contributed by atoms with Crippen LogP contribution in [0.15, 0.2) is 71.8 Å². The first-order valence-corrected chi connectivity index (χ1v) is 7.28. The highest BCUT2D eigenvalue weighted by Crippen LogP contribution is 2.44. The molecule has 0 radical (unpaired) electrons. The lowest BCUT2D eigenvalue weighted by Gasteiger charge is -2.15. The van der Waals surface area contributed by atoms with Gasteiger partial charge in [-0.25, -0.2) is 4.79 Å². The van der Waals surface area contributed by atoms with Crippen molar-refractivity contribution in [3.05, 3.63) is 82.9 Å². The monoisotopic (exact) mass is 303 g/mol. The summed E-state index contributed by atoms with van der Waals surface area (Å²) in [5.41, 5.74) is 2.84. The smallest absolute Gasteiger partial charge is 0.346 e. The Morgan fingerprint density at radius 2 is 1.35 bits per heavy atom. The van der Waals surface area contributed by atoms with Crippen molar-refractivity contribution in [1.29, 1.82) is 0 Å². The van der Waals surface area contributed by atoms with Crippen molar-refractivity contribution in [3.8, 4) is 0 Å². The van der Waals surface area contributed by atoms with Crippen LogP contribution in [0.25, 0.3) is 11.5 Å². The maximum atomic E-state index is 12.7. The number of benzene rings is 2. The van der Waals surface area contributed by atoms with Crippen LogP contribution in [-0.4, -0.2) is 23.8 Å². The van der Waals surface area contributed by atoms with Gasteiger partial charge in [-0.3, -0.25) is 4.79 Å². The fraction of sp³-hybridized carbons (Fsp3) is 0.0526. The Kier molecular flexibility index (Phi) is 2.91. The molecule has 0 saturated heterocycles. The van der Waals surface area contributed by atoms with Crippen molar-refractivity contribution in [2.75, 3.05) is 7.05 Å². The average Bonchev–Trinajstić information content (AvgIpc) is 3.06. The number of likely N-dealkylation sites (N-methyl/N-ethyl adjacent to an activating group) is 1. The third-order valence-corrected chi connectivity index (χ3v) is 4.05. The van der Waals surface area contributed by atoms with Gasteiger partial charge in [0.05, 0.1) is 11.3 Å². The molecule has 112 valence electrons. The van der Waals surface area contributed by atoms with Gasteiger partial charge in [0.15, 0.2) is 5.76 Å². The van der Waals surface area contributed by atoms with Gasteiger partial charge in [-0.05, 0) is 5.56 Å². The van der Waals surface area contributed by atoms with E-state index in [1.807, 2.05) is 60.7 Å². The van der Waals surface area contributed by atoms with E-state index in [-0.39, 0.29) is 5.91 Å². The molecule has 2 heterocycles. The van der Waals surface area contributed by atoms with Gasteiger partial charge >= 0.3 is 5.97 Å². The molecule has 0 aliphatic carbocycles. The van der Waals surface area contributed by atoms with Crippen molar-refractivity contribution in [2.24, 2.45) is 0 Å². The highest BCUT2D eigenvalue weighted by atomic mass is 16.5. The number of hydrogen-bond acceptors (Lipinski definition) is 3. The van der Waals surface area contributed by atoms with Crippen LogP contribution >= 0.6 is 0 Å². The fourth-order valence-electron chi connectivity index (χ4n) is 2.99. The standard InChI is InChI=1S/C19H13NO3/c1-20-16(12-8-4-2-5-9-12)14-15(18(20)21)17(23-19(14)22)13-10-6-3-7-11-13/h2-11H,1H3. The Morgan fingerprint density at radius 3 is 1.96 bits per heavy atom. The minimum Gasteiger partial charge on any atom is -0.421 e. The molecule has 0 spiro atoms. The molecule has 2 aliphatic rings. The van der Waals surface area contributed by atoms with E-state index in [2.05, 4.69) is 0 Å². The maximum absolute atomic E-state index is 12.7. The molecule has 4 nitrogen and oxygen atoms in total. The topological polar surface area (TPSA) is 46.6 Å². The number of nitrogens with zero attached hydrogens (tertiary/aromatic N) is 1. The summed E-state index contributed by atoms with van der Waals surface area (Å²) in [4.78, 5) is 26.6. The number of carbonyl (C=O) groups is 2. The predicted octanol–water partition coefficient (Wildman–Crippen LogP) is 2.84. The maximum Gasteiger partial charge on any atom is 0.346 e. The van der Waals surface area contributed by atoms with E-state index >= 15 is 0 Å². The van der Waals surface area contributed by atoms with Crippen molar-refractivity contribution in [1.82, 2.24) is 4.90 Å². The number of rotatable bonds is 2. The number of ether oxygens (including phenoxy) is 1. The van der Waals surface area contributed by atoms with E-state index in [9.17, 15) is 9.59 Å². The highest BCUT2D eigenvalue weighted by molar-refractivity contribution is 6.27. The van der Waals surface area contributed by atoms with E-state index in [0.717, 1.165) is 11.1 Å². The summed E-state index contributed by atoms with van der Waals surface area (Å²) < 4.78 is 5.42. The number of carbonyl (C=O) groups excluding carboxylic acids is 2. The number of hydrogen-bond donors (Lipinski definition) is 0. The molecule has 0 unspecified atom stereocenters. The Hall–Kier alpha value is -3.14. The summed E-state index contributed by atoms with van der Waals surface area (Å²) in [5.74, 6) is -0.354. The van der Waals surface area contributed by atoms with Crippen LogP contribution in [0.2, 0.25) is 0 Å². The van der Waals surface area contributed by atoms with Crippen LogP contribution in [0, 0.1) is 0 Å². The zero-order chi connectivity index (χ0) is 16.0. The molecule has 23 heavy (non-hydrogen) atoms. The lowest BCUT2D eigenvalue weighted by atomic mass is 10.0. The summed E-state index contributed by atoms with van der Waals surface area (Å²) in [6.07, 6.45) is 0. The van der Waals surface area contributed by atoms with Crippen molar-refractivity contribution < 1.29 is 14.3 Å². The van der Waals surface area contributed by atoms with Crippen LogP contribution in [0.4, 0.5) is 0 Å². The van der Waals surface area contributed by atoms with Crippen LogP contribution in [0.3, 0.4) is 0 Å². The number of cyclic esters (lactones) is 1. The molecule has 4 heteroatoms. The first kappa shape index (κ1) is 13.5. The Morgan fingerprint density at radius 1 is 0.783 bits per heavy atom. The summed E-state index contributed by atoms with van der Waals surface area (Å²) in [6, 6.07) is 18.6. The predicted molar refractivity (Wildman–Crippen MR) is 85.6 cm³/mol. The van der Waals surface area contributed by atoms with Gasteiger partial charge in [0, 0.05) is 12.6 Å². The van der Waals surface area contributed by atoms with E-state index in [1.165, 1.54) is 4.90 Å². The summed E-state index contributed by atoms with van der Waals surface area (Å²) >= 11 is 0. The second-order valence-corrected chi connectivity index (χ2v) is 5.41. The van der Waals surface area contributed by atoms with Gasteiger partial charge in [-0.1, -0.05) is 60.7 Å².